The molecule has 6 nitrogen and oxygen atoms in total. The van der Waals surface area contributed by atoms with E-state index in [4.69, 9.17) is 14.2 Å². The molecule has 26 heavy (non-hydrogen) atoms. The Morgan fingerprint density at radius 1 is 1.04 bits per heavy atom. The van der Waals surface area contributed by atoms with Gasteiger partial charge in [-0.05, 0) is 31.2 Å². The zero-order chi connectivity index (χ0) is 18.7. The van der Waals surface area contributed by atoms with Crippen molar-refractivity contribution in [2.24, 2.45) is 0 Å². The summed E-state index contributed by atoms with van der Waals surface area (Å²) >= 11 is 1.68. The Morgan fingerprint density at radius 3 is 2.27 bits per heavy atom. The minimum atomic E-state index is -0.122. The SMILES string of the molecule is CNc1sc2c(c1C(=O)Nc1cc(OC)c(OC)c(OC)c1)CCCC2. The molecule has 1 heterocycles. The minimum absolute atomic E-state index is 0.122. The molecule has 0 fully saturated rings. The number of carbonyl (C=O) groups excluding carboxylic acids is 1. The third-order valence-corrected chi connectivity index (χ3v) is 5.86. The summed E-state index contributed by atoms with van der Waals surface area (Å²) in [6.45, 7) is 0. The Kier molecular flexibility index (Phi) is 5.56. The molecule has 0 saturated heterocycles. The predicted octanol–water partition coefficient (Wildman–Crippen LogP) is 3.95. The molecule has 0 saturated carbocycles. The molecule has 3 rings (SSSR count). The van der Waals surface area contributed by atoms with Gasteiger partial charge in [0.05, 0.1) is 26.9 Å². The molecule has 0 unspecified atom stereocenters. The molecule has 2 aromatic rings. The Balaban J connectivity index is 1.95. The van der Waals surface area contributed by atoms with E-state index in [9.17, 15) is 4.79 Å². The molecule has 1 aliphatic rings. The monoisotopic (exact) mass is 376 g/mol. The van der Waals surface area contributed by atoms with Crippen LogP contribution in [-0.2, 0) is 12.8 Å². The summed E-state index contributed by atoms with van der Waals surface area (Å²) in [6, 6.07) is 3.47. The highest BCUT2D eigenvalue weighted by Gasteiger charge is 2.25. The van der Waals surface area contributed by atoms with Gasteiger partial charge in [0.15, 0.2) is 11.5 Å². The Morgan fingerprint density at radius 2 is 1.69 bits per heavy atom. The Labute approximate surface area is 157 Å². The number of aryl methyl sites for hydroxylation is 1. The summed E-state index contributed by atoms with van der Waals surface area (Å²) in [7, 11) is 6.51. The molecule has 1 aliphatic carbocycles. The lowest BCUT2D eigenvalue weighted by Gasteiger charge is -2.16. The number of benzene rings is 1. The standard InChI is InChI=1S/C19H24N2O4S/c1-20-19-16(12-7-5-6-8-15(12)26-19)18(22)21-11-9-13(23-2)17(25-4)14(10-11)24-3/h9-10,20H,5-8H2,1-4H3,(H,21,22). The second kappa shape index (κ2) is 7.86. The Hall–Kier alpha value is -2.41. The summed E-state index contributed by atoms with van der Waals surface area (Å²) in [5.41, 5.74) is 2.53. The van der Waals surface area contributed by atoms with Crippen LogP contribution < -0.4 is 24.8 Å². The summed E-state index contributed by atoms with van der Waals surface area (Å²) in [5.74, 6) is 1.38. The smallest absolute Gasteiger partial charge is 0.258 e. The number of nitrogens with one attached hydrogen (secondary N) is 2. The molecule has 0 radical (unpaired) electrons. The summed E-state index contributed by atoms with van der Waals surface area (Å²) in [4.78, 5) is 14.3. The topological polar surface area (TPSA) is 68.8 Å². The van der Waals surface area contributed by atoms with Crippen molar-refractivity contribution in [2.45, 2.75) is 25.7 Å². The molecule has 140 valence electrons. The van der Waals surface area contributed by atoms with Crippen LogP contribution in [0.5, 0.6) is 17.2 Å². The number of ether oxygens (including phenoxy) is 3. The first-order valence-electron chi connectivity index (χ1n) is 8.56. The van der Waals surface area contributed by atoms with Crippen molar-refractivity contribution in [1.82, 2.24) is 0 Å². The van der Waals surface area contributed by atoms with Crippen molar-refractivity contribution in [3.8, 4) is 17.2 Å². The highest BCUT2D eigenvalue weighted by molar-refractivity contribution is 7.16. The van der Waals surface area contributed by atoms with E-state index in [-0.39, 0.29) is 5.91 Å². The maximum atomic E-state index is 13.0. The van der Waals surface area contributed by atoms with Crippen molar-refractivity contribution < 1.29 is 19.0 Å². The van der Waals surface area contributed by atoms with Gasteiger partial charge in [-0.2, -0.15) is 0 Å². The predicted molar refractivity (Wildman–Crippen MR) is 105 cm³/mol. The number of fused-ring (bicyclic) bond motifs is 1. The lowest BCUT2D eigenvalue weighted by atomic mass is 9.95. The number of carbonyl (C=O) groups is 1. The van der Waals surface area contributed by atoms with Gasteiger partial charge < -0.3 is 24.8 Å². The fourth-order valence-corrected chi connectivity index (χ4v) is 4.57. The number of anilines is 2. The van der Waals surface area contributed by atoms with Crippen LogP contribution in [0.15, 0.2) is 12.1 Å². The molecular formula is C19H24N2O4S. The molecule has 1 aromatic carbocycles. The number of hydrogen-bond acceptors (Lipinski definition) is 6. The quantitative estimate of drug-likeness (QED) is 0.799. The molecule has 0 aliphatic heterocycles. The fourth-order valence-electron chi connectivity index (χ4n) is 3.33. The fraction of sp³-hybridized carbons (Fsp3) is 0.421. The molecule has 2 N–H and O–H groups in total. The minimum Gasteiger partial charge on any atom is -0.493 e. The Bertz CT molecular complexity index is 791. The van der Waals surface area contributed by atoms with Gasteiger partial charge in [-0.15, -0.1) is 11.3 Å². The average Bonchev–Trinajstić information content (AvgIpc) is 3.05. The highest BCUT2D eigenvalue weighted by Crippen LogP contribution is 2.41. The first-order valence-corrected chi connectivity index (χ1v) is 9.38. The van der Waals surface area contributed by atoms with Gasteiger partial charge in [0.25, 0.3) is 5.91 Å². The van der Waals surface area contributed by atoms with Crippen molar-refractivity contribution >= 4 is 27.9 Å². The van der Waals surface area contributed by atoms with E-state index < -0.39 is 0 Å². The second-order valence-electron chi connectivity index (χ2n) is 6.03. The molecule has 1 amide bonds. The van der Waals surface area contributed by atoms with Crippen LogP contribution in [0.3, 0.4) is 0 Å². The maximum Gasteiger partial charge on any atom is 0.258 e. The third-order valence-electron chi connectivity index (χ3n) is 4.55. The van der Waals surface area contributed by atoms with E-state index in [2.05, 4.69) is 10.6 Å². The van der Waals surface area contributed by atoms with E-state index in [1.165, 1.54) is 16.9 Å². The molecule has 0 bridgehead atoms. The highest BCUT2D eigenvalue weighted by atomic mass is 32.1. The van der Waals surface area contributed by atoms with Crippen LogP contribution >= 0.6 is 11.3 Å². The molecule has 0 atom stereocenters. The maximum absolute atomic E-state index is 13.0. The zero-order valence-corrected chi connectivity index (χ0v) is 16.3. The van der Waals surface area contributed by atoms with Crippen molar-refractivity contribution in [3.63, 3.8) is 0 Å². The summed E-state index contributed by atoms with van der Waals surface area (Å²) < 4.78 is 16.1. The van der Waals surface area contributed by atoms with Gasteiger partial charge >= 0.3 is 0 Å². The zero-order valence-electron chi connectivity index (χ0n) is 15.5. The van der Waals surface area contributed by atoms with E-state index in [0.29, 0.717) is 22.9 Å². The normalized spacial score (nSPS) is 12.9. The second-order valence-corrected chi connectivity index (χ2v) is 7.14. The number of methoxy groups -OCH3 is 3. The van der Waals surface area contributed by atoms with Gasteiger partial charge in [-0.1, -0.05) is 0 Å². The van der Waals surface area contributed by atoms with Crippen LogP contribution in [0.4, 0.5) is 10.7 Å². The van der Waals surface area contributed by atoms with Crippen LogP contribution in [0.2, 0.25) is 0 Å². The first kappa shape index (κ1) is 18.4. The first-order chi connectivity index (χ1) is 12.6. The van der Waals surface area contributed by atoms with Crippen LogP contribution in [0.25, 0.3) is 0 Å². The van der Waals surface area contributed by atoms with E-state index >= 15 is 0 Å². The summed E-state index contributed by atoms with van der Waals surface area (Å²) in [6.07, 6.45) is 4.31. The number of amides is 1. The van der Waals surface area contributed by atoms with Gasteiger partial charge in [-0.3, -0.25) is 4.79 Å². The lowest BCUT2D eigenvalue weighted by molar-refractivity contribution is 0.102. The third kappa shape index (κ3) is 3.31. The molecule has 1 aromatic heterocycles. The largest absolute Gasteiger partial charge is 0.493 e. The van der Waals surface area contributed by atoms with Crippen LogP contribution in [0.1, 0.15) is 33.6 Å². The summed E-state index contributed by atoms with van der Waals surface area (Å²) in [5, 5.41) is 7.07. The van der Waals surface area contributed by atoms with Gasteiger partial charge in [-0.25, -0.2) is 0 Å². The van der Waals surface area contributed by atoms with Gasteiger partial charge in [0.2, 0.25) is 5.75 Å². The lowest BCUT2D eigenvalue weighted by Crippen LogP contribution is -2.16. The van der Waals surface area contributed by atoms with Crippen molar-refractivity contribution in [2.75, 3.05) is 39.0 Å². The van der Waals surface area contributed by atoms with E-state index in [1.54, 1.807) is 44.8 Å². The number of rotatable bonds is 6. The average molecular weight is 376 g/mol. The van der Waals surface area contributed by atoms with Crippen LogP contribution in [-0.4, -0.2) is 34.3 Å². The number of hydrogen-bond donors (Lipinski definition) is 2. The molecule has 0 spiro atoms. The van der Waals surface area contributed by atoms with Crippen molar-refractivity contribution in [1.29, 1.82) is 0 Å². The van der Waals surface area contributed by atoms with Gasteiger partial charge in [0, 0.05) is 29.7 Å². The van der Waals surface area contributed by atoms with E-state index in [0.717, 1.165) is 29.8 Å². The molecular weight excluding hydrogens is 352 g/mol. The van der Waals surface area contributed by atoms with E-state index in [1.807, 2.05) is 7.05 Å². The van der Waals surface area contributed by atoms with Crippen LogP contribution in [0, 0.1) is 0 Å². The van der Waals surface area contributed by atoms with Gasteiger partial charge in [0.1, 0.15) is 5.00 Å². The number of thiophene rings is 1. The molecule has 7 heteroatoms. The van der Waals surface area contributed by atoms with Crippen molar-refractivity contribution in [3.05, 3.63) is 28.1 Å².